The van der Waals surface area contributed by atoms with Crippen LogP contribution in [0.5, 0.6) is 11.5 Å². The van der Waals surface area contributed by atoms with Crippen LogP contribution in [-0.2, 0) is 20.2 Å². The van der Waals surface area contributed by atoms with Crippen molar-refractivity contribution in [2.45, 2.75) is 33.1 Å². The number of anilines is 2. The number of amides is 1. The Bertz CT molecular complexity index is 1390. The minimum atomic E-state index is -3.63. The molecule has 0 radical (unpaired) electrons. The van der Waals surface area contributed by atoms with Crippen molar-refractivity contribution < 1.29 is 27.5 Å². The molecule has 0 spiro atoms. The van der Waals surface area contributed by atoms with Gasteiger partial charge >= 0.3 is 0 Å². The second-order valence-electron chi connectivity index (χ2n) is 9.10. The lowest BCUT2D eigenvalue weighted by atomic mass is 9.86. The van der Waals surface area contributed by atoms with Gasteiger partial charge in [0.25, 0.3) is 11.7 Å². The van der Waals surface area contributed by atoms with Crippen LogP contribution in [0.15, 0.2) is 48.5 Å². The van der Waals surface area contributed by atoms with E-state index >= 15 is 0 Å². The van der Waals surface area contributed by atoms with Gasteiger partial charge in [-0.2, -0.15) is 0 Å². The fraction of sp³-hybridized carbons (Fsp3) is 0.308. The summed E-state index contributed by atoms with van der Waals surface area (Å²) in [5.74, 6) is -0.906. The van der Waals surface area contributed by atoms with E-state index in [2.05, 4.69) is 10.0 Å². The molecule has 3 aromatic carbocycles. The minimum absolute atomic E-state index is 0.0983. The average Bonchev–Trinajstić information content (AvgIpc) is 2.77. The summed E-state index contributed by atoms with van der Waals surface area (Å²) in [6.07, 6.45) is 1.02. The maximum Gasteiger partial charge on any atom is 0.296 e. The number of rotatable bonds is 8. The van der Waals surface area contributed by atoms with Gasteiger partial charge in [0.15, 0.2) is 5.75 Å². The quantitative estimate of drug-likeness (QED) is 0.343. The Kier molecular flexibility index (Phi) is 7.40. The zero-order chi connectivity index (χ0) is 26.0. The van der Waals surface area contributed by atoms with Gasteiger partial charge in [-0.05, 0) is 47.6 Å². The molecule has 0 unspecified atom stereocenters. The number of nitrogens with one attached hydrogen (secondary N) is 2. The van der Waals surface area contributed by atoms with E-state index in [4.69, 9.17) is 9.47 Å². The minimum Gasteiger partial charge on any atom is -0.493 e. The van der Waals surface area contributed by atoms with Gasteiger partial charge in [-0.3, -0.25) is 14.3 Å². The van der Waals surface area contributed by atoms with Crippen LogP contribution >= 0.6 is 0 Å². The van der Waals surface area contributed by atoms with Gasteiger partial charge in [-0.25, -0.2) is 8.42 Å². The molecule has 0 bridgehead atoms. The van der Waals surface area contributed by atoms with Crippen LogP contribution in [-0.4, -0.2) is 40.1 Å². The third-order valence-corrected chi connectivity index (χ3v) is 5.93. The number of hydrogen-bond acceptors (Lipinski definition) is 6. The third kappa shape index (κ3) is 5.92. The van der Waals surface area contributed by atoms with Crippen molar-refractivity contribution >= 4 is 43.9 Å². The first-order valence-electron chi connectivity index (χ1n) is 11.1. The molecule has 0 fully saturated rings. The number of methoxy groups -OCH3 is 1. The zero-order valence-corrected chi connectivity index (χ0v) is 21.5. The van der Waals surface area contributed by atoms with E-state index in [-0.39, 0.29) is 28.1 Å². The van der Waals surface area contributed by atoms with Crippen LogP contribution in [0.1, 0.15) is 43.6 Å². The summed E-state index contributed by atoms with van der Waals surface area (Å²) >= 11 is 0. The molecule has 0 aliphatic rings. The Labute approximate surface area is 205 Å². The molecule has 2 N–H and O–H groups in total. The van der Waals surface area contributed by atoms with E-state index in [0.29, 0.717) is 17.7 Å². The van der Waals surface area contributed by atoms with Gasteiger partial charge in [0.05, 0.1) is 31.3 Å². The number of fused-ring (bicyclic) bond motifs is 1. The summed E-state index contributed by atoms with van der Waals surface area (Å²) in [6, 6.07) is 13.8. The number of Topliss-reactive ketones (excluding diaryl/α,β-unsaturated/α-hetero) is 1. The molecule has 0 saturated heterocycles. The van der Waals surface area contributed by atoms with E-state index < -0.39 is 21.7 Å². The number of ketones is 1. The van der Waals surface area contributed by atoms with Crippen LogP contribution in [0.25, 0.3) is 10.8 Å². The summed E-state index contributed by atoms with van der Waals surface area (Å²) < 4.78 is 37.4. The molecule has 0 aromatic heterocycles. The predicted octanol–water partition coefficient (Wildman–Crippen LogP) is 4.74. The smallest absolute Gasteiger partial charge is 0.296 e. The summed E-state index contributed by atoms with van der Waals surface area (Å²) in [6.45, 7) is 8.17. The highest BCUT2D eigenvalue weighted by Crippen LogP contribution is 2.39. The standard InChI is InChI=1S/C26H30N2O6S/c1-7-34-22-13-12-19(17-10-8-9-11-18(17)22)23(29)25(30)27-20-14-16(26(2,3)4)15-21(24(20)33-5)28-35(6,31)32/h8-15,28H,7H2,1-6H3,(H,27,30). The highest BCUT2D eigenvalue weighted by atomic mass is 32.2. The first-order valence-corrected chi connectivity index (χ1v) is 13.0. The number of ether oxygens (including phenoxy) is 2. The summed E-state index contributed by atoms with van der Waals surface area (Å²) in [5, 5.41) is 3.94. The maximum absolute atomic E-state index is 13.2. The topological polar surface area (TPSA) is 111 Å². The Balaban J connectivity index is 2.06. The molecule has 3 aromatic rings. The number of sulfonamides is 1. The zero-order valence-electron chi connectivity index (χ0n) is 20.7. The summed E-state index contributed by atoms with van der Waals surface area (Å²) in [7, 11) is -2.27. The van der Waals surface area contributed by atoms with Crippen molar-refractivity contribution in [2.24, 2.45) is 0 Å². The normalized spacial score (nSPS) is 11.7. The Morgan fingerprint density at radius 1 is 0.971 bits per heavy atom. The fourth-order valence-corrected chi connectivity index (χ4v) is 4.25. The first kappa shape index (κ1) is 26.0. The molecule has 35 heavy (non-hydrogen) atoms. The first-order chi connectivity index (χ1) is 16.4. The molecule has 1 amide bonds. The van der Waals surface area contributed by atoms with Crippen molar-refractivity contribution in [2.75, 3.05) is 30.0 Å². The molecule has 0 atom stereocenters. The second kappa shape index (κ2) is 9.95. The highest BCUT2D eigenvalue weighted by Gasteiger charge is 2.25. The highest BCUT2D eigenvalue weighted by molar-refractivity contribution is 7.92. The molecule has 0 aliphatic heterocycles. The molecule has 8 nitrogen and oxygen atoms in total. The van der Waals surface area contributed by atoms with Crippen molar-refractivity contribution in [1.29, 1.82) is 0 Å². The molecule has 0 heterocycles. The monoisotopic (exact) mass is 498 g/mol. The number of benzene rings is 3. The molecular weight excluding hydrogens is 468 g/mol. The second-order valence-corrected chi connectivity index (χ2v) is 10.9. The van der Waals surface area contributed by atoms with E-state index in [1.54, 1.807) is 36.4 Å². The number of carbonyl (C=O) groups excluding carboxylic acids is 2. The fourth-order valence-electron chi connectivity index (χ4n) is 3.70. The largest absolute Gasteiger partial charge is 0.493 e. The Morgan fingerprint density at radius 2 is 1.60 bits per heavy atom. The maximum atomic E-state index is 13.2. The van der Waals surface area contributed by atoms with Gasteiger partial charge < -0.3 is 14.8 Å². The van der Waals surface area contributed by atoms with Crippen molar-refractivity contribution in [1.82, 2.24) is 0 Å². The SMILES string of the molecule is CCOc1ccc(C(=O)C(=O)Nc2cc(C(C)(C)C)cc(NS(C)(=O)=O)c2OC)c2ccccc12. The van der Waals surface area contributed by atoms with E-state index in [0.717, 1.165) is 17.2 Å². The Hall–Kier alpha value is -3.59. The average molecular weight is 499 g/mol. The summed E-state index contributed by atoms with van der Waals surface area (Å²) in [4.78, 5) is 26.3. The lowest BCUT2D eigenvalue weighted by Crippen LogP contribution is -2.24. The van der Waals surface area contributed by atoms with Gasteiger partial charge in [0.2, 0.25) is 10.0 Å². The third-order valence-electron chi connectivity index (χ3n) is 5.34. The van der Waals surface area contributed by atoms with Crippen LogP contribution in [0, 0.1) is 0 Å². The number of carbonyl (C=O) groups is 2. The van der Waals surface area contributed by atoms with Crippen LogP contribution in [0.4, 0.5) is 11.4 Å². The molecule has 3 rings (SSSR count). The van der Waals surface area contributed by atoms with Crippen LogP contribution < -0.4 is 19.5 Å². The molecule has 0 aliphatic carbocycles. The van der Waals surface area contributed by atoms with Gasteiger partial charge in [0, 0.05) is 10.9 Å². The van der Waals surface area contributed by atoms with Crippen LogP contribution in [0.3, 0.4) is 0 Å². The molecule has 9 heteroatoms. The van der Waals surface area contributed by atoms with E-state index in [1.165, 1.54) is 7.11 Å². The van der Waals surface area contributed by atoms with Gasteiger partial charge in [-0.1, -0.05) is 45.0 Å². The van der Waals surface area contributed by atoms with Gasteiger partial charge in [0.1, 0.15) is 5.75 Å². The summed E-state index contributed by atoms with van der Waals surface area (Å²) in [5.41, 5.74) is 0.923. The lowest BCUT2D eigenvalue weighted by molar-refractivity contribution is -0.112. The van der Waals surface area contributed by atoms with Crippen molar-refractivity contribution in [3.63, 3.8) is 0 Å². The van der Waals surface area contributed by atoms with E-state index in [1.807, 2.05) is 39.8 Å². The van der Waals surface area contributed by atoms with Crippen LogP contribution in [0.2, 0.25) is 0 Å². The lowest BCUT2D eigenvalue weighted by Gasteiger charge is -2.23. The van der Waals surface area contributed by atoms with Crippen molar-refractivity contribution in [3.05, 3.63) is 59.7 Å². The molecular formula is C26H30N2O6S. The van der Waals surface area contributed by atoms with Crippen molar-refractivity contribution in [3.8, 4) is 11.5 Å². The van der Waals surface area contributed by atoms with E-state index in [9.17, 15) is 18.0 Å². The molecule has 186 valence electrons. The predicted molar refractivity (Wildman–Crippen MR) is 138 cm³/mol. The molecule has 0 saturated carbocycles. The number of hydrogen-bond donors (Lipinski definition) is 2. The van der Waals surface area contributed by atoms with Gasteiger partial charge in [-0.15, -0.1) is 0 Å². The Morgan fingerprint density at radius 3 is 2.17 bits per heavy atom.